The monoisotopic (exact) mass is 1730 g/mol. The molecule has 0 unspecified atom stereocenters. The summed E-state index contributed by atoms with van der Waals surface area (Å²) in [6, 6.07) is 53.1. The van der Waals surface area contributed by atoms with E-state index in [0.717, 1.165) is 54.7 Å². The number of nitrogens with one attached hydrogen (secondary N) is 2. The summed E-state index contributed by atoms with van der Waals surface area (Å²) in [5.74, 6) is -4.83. The van der Waals surface area contributed by atoms with Crippen molar-refractivity contribution in [3.8, 4) is 11.5 Å². The lowest BCUT2D eigenvalue weighted by atomic mass is 10.1. The van der Waals surface area contributed by atoms with Crippen molar-refractivity contribution in [1.29, 1.82) is 0 Å². The minimum Gasteiger partial charge on any atom is -0.506 e. The fraction of sp³-hybridized carbons (Fsp3) is 0.202. The number of aromatic hydroxyl groups is 1. The molecule has 8 heterocycles. The highest BCUT2D eigenvalue weighted by Gasteiger charge is 2.50. The number of hydrogen-bond acceptors (Lipinski definition) is 28. The molecule has 0 spiro atoms. The smallest absolute Gasteiger partial charge is 0.506 e. The van der Waals surface area contributed by atoms with Gasteiger partial charge in [-0.1, -0.05) is 169 Å². The van der Waals surface area contributed by atoms with Gasteiger partial charge >= 0.3 is 50.2 Å². The first-order valence-electron chi connectivity index (χ1n) is 37.1. The highest BCUT2D eigenvalue weighted by Crippen LogP contribution is 2.36. The lowest BCUT2D eigenvalue weighted by Gasteiger charge is -2.18. The molecule has 6 aromatic carbocycles. The van der Waals surface area contributed by atoms with Crippen LogP contribution >= 0.6 is 23.2 Å². The summed E-state index contributed by atoms with van der Waals surface area (Å²) in [5, 5.41) is 19.2. The van der Waals surface area contributed by atoms with Crippen molar-refractivity contribution in [2.45, 2.75) is 93.5 Å². The molecule has 32 nitrogen and oxygen atoms in total. The van der Waals surface area contributed by atoms with E-state index in [2.05, 4.69) is 54.7 Å². The molecule has 0 aliphatic rings. The Morgan fingerprint density at radius 3 is 1.17 bits per heavy atom. The molecule has 8 aromatic heterocycles. The maximum Gasteiger partial charge on any atom is 0.534 e. The van der Waals surface area contributed by atoms with Gasteiger partial charge in [-0.2, -0.15) is 21.6 Å². The van der Waals surface area contributed by atoms with E-state index in [9.17, 15) is 60.3 Å². The van der Waals surface area contributed by atoms with Gasteiger partial charge in [-0.25, -0.2) is 54.3 Å². The Hall–Kier alpha value is -14.4. The van der Waals surface area contributed by atoms with Crippen molar-refractivity contribution < 1.29 is 78.8 Å². The van der Waals surface area contributed by atoms with Crippen LogP contribution in [0.5, 0.6) is 11.5 Å². The van der Waals surface area contributed by atoms with Crippen molar-refractivity contribution >= 4 is 107 Å². The van der Waals surface area contributed by atoms with E-state index in [0.29, 0.717) is 61.5 Å². The minimum absolute atomic E-state index is 0.0604. The first-order valence-corrected chi connectivity index (χ1v) is 39.2. The highest BCUT2D eigenvalue weighted by atomic mass is 35.5. The zero-order chi connectivity index (χ0) is 87.4. The van der Waals surface area contributed by atoms with Crippen LogP contribution in [0.3, 0.4) is 0 Å². The van der Waals surface area contributed by atoms with Crippen LogP contribution in [0.2, 0.25) is 10.0 Å². The Kier molecular flexibility index (Phi) is 29.3. The quantitative estimate of drug-likeness (QED) is 0.0196. The van der Waals surface area contributed by atoms with Crippen LogP contribution in [0.4, 0.5) is 24.5 Å². The molecule has 0 radical (unpaired) electrons. The SMILES string of the molecule is CCOC(=O)c1c(NCc2cccc(Cl)c2)c2c(C)ncnc2n(OCc2ccccc2)c1=O.CCOC(=O)c1c(O)c2c(C)ncnc2n(OCc2ccccc2)c1=O.CCOC(=O)c1c(OS(=O)(=O)C(F)(F)F)c2c(C)ncnc2n(OCc2ccccc2)c1=O.Cc1ncnc2c1c(NCc1cccc(Cl)c1)cc(=O)n2OCc1ccccc1. The lowest BCUT2D eigenvalue weighted by Crippen LogP contribution is -2.35. The van der Waals surface area contributed by atoms with Crippen molar-refractivity contribution in [2.24, 2.45) is 0 Å². The number of ether oxygens (including phenoxy) is 3. The fourth-order valence-electron chi connectivity index (χ4n) is 12.0. The maximum absolute atomic E-state index is 13.5. The molecule has 3 N–H and O–H groups in total. The van der Waals surface area contributed by atoms with E-state index in [1.165, 1.54) is 43.6 Å². The van der Waals surface area contributed by atoms with Crippen LogP contribution in [-0.2, 0) is 63.8 Å². The number of alkyl halides is 3. The summed E-state index contributed by atoms with van der Waals surface area (Å²) < 4.78 is 85.3. The zero-order valence-corrected chi connectivity index (χ0v) is 68.3. The van der Waals surface area contributed by atoms with Crippen LogP contribution < -0.4 is 56.4 Å². The van der Waals surface area contributed by atoms with Gasteiger partial charge in [0.25, 0.3) is 5.56 Å². The third kappa shape index (κ3) is 21.0. The molecule has 0 saturated heterocycles. The fourth-order valence-corrected chi connectivity index (χ4v) is 12.9. The number of anilines is 2. The van der Waals surface area contributed by atoms with Crippen LogP contribution in [-0.4, -0.2) is 116 Å². The number of fused-ring (bicyclic) bond motifs is 4. The average molecular weight is 1730 g/mol. The molecule has 630 valence electrons. The standard InChI is InChI=1S/C25H23ClN4O4.C22H19ClN4O2.C19H16F3N3O7S.C18H17N3O5/c1-3-33-25(32)21-22(27-13-18-10-7-11-19(26)12-18)20-16(2)28-15-29-23(20)30(24(21)31)34-14-17-8-5-4-6-9-17;1-15-21-19(24-12-17-8-5-9-18(23)10-17)11-20(28)27(22(21)26-14-25-15)29-13-16-6-3-2-4-7-16;1-3-30-18(27)14-15(32-33(28,29)19(20,21)22)13-11(2)23-10-24-16(13)25(17(14)26)31-9-12-7-5-4-6-8-12;1-3-25-18(24)14-15(22)13-11(2)19-10-20-16(13)21(17(14)23)26-9-12-7-5-4-6-8-12/h4-12,15,27H,3,13-14H2,1-2H3;2-11,14,24H,12-13H2,1H3;4-8,10H,3,9H2,1-2H3;4-8,10,22H,3,9H2,1-2H3. The Balaban J connectivity index is 0.000000159. The zero-order valence-electron chi connectivity index (χ0n) is 66.0. The number of esters is 3. The normalized spacial score (nSPS) is 11.1. The van der Waals surface area contributed by atoms with E-state index in [1.54, 1.807) is 70.2 Å². The molecular formula is C84H75Cl2F3N14O18S. The summed E-state index contributed by atoms with van der Waals surface area (Å²) in [6.45, 7) is 12.2. The Labute approximate surface area is 701 Å². The second kappa shape index (κ2) is 40.4. The maximum atomic E-state index is 13.5. The summed E-state index contributed by atoms with van der Waals surface area (Å²) in [7, 11) is -6.27. The average Bonchev–Trinajstić information content (AvgIpc) is 0.764. The van der Waals surface area contributed by atoms with Gasteiger partial charge in [0.15, 0.2) is 45.0 Å². The van der Waals surface area contributed by atoms with E-state index >= 15 is 0 Å². The molecule has 14 aromatic rings. The highest BCUT2D eigenvalue weighted by molar-refractivity contribution is 7.88. The number of aromatic nitrogens is 12. The van der Waals surface area contributed by atoms with E-state index in [4.69, 9.17) is 56.8 Å². The number of aryl methyl sites for hydroxylation is 4. The van der Waals surface area contributed by atoms with Gasteiger partial charge in [0.2, 0.25) is 0 Å². The van der Waals surface area contributed by atoms with Gasteiger partial charge in [0, 0.05) is 29.2 Å². The number of pyridine rings is 4. The Morgan fingerprint density at radius 1 is 0.418 bits per heavy atom. The molecule has 0 bridgehead atoms. The lowest BCUT2D eigenvalue weighted by molar-refractivity contribution is -0.0500. The molecule has 14 rings (SSSR count). The van der Waals surface area contributed by atoms with Crippen LogP contribution in [0.25, 0.3) is 44.1 Å². The molecule has 0 saturated carbocycles. The Morgan fingerprint density at radius 2 is 0.754 bits per heavy atom. The van der Waals surface area contributed by atoms with E-state index < -0.39 is 83.9 Å². The third-order valence-electron chi connectivity index (χ3n) is 17.7. The summed E-state index contributed by atoms with van der Waals surface area (Å²) in [4.78, 5) is 145. The van der Waals surface area contributed by atoms with Gasteiger partial charge in [0.05, 0.1) is 75.5 Å². The molecule has 0 atom stereocenters. The third-order valence-corrected chi connectivity index (χ3v) is 19.1. The molecule has 0 aliphatic carbocycles. The van der Waals surface area contributed by atoms with E-state index in [1.807, 2.05) is 134 Å². The number of carbonyl (C=O) groups excluding carboxylic acids is 3. The van der Waals surface area contributed by atoms with Gasteiger partial charge in [-0.3, -0.25) is 19.2 Å². The van der Waals surface area contributed by atoms with Crippen LogP contribution in [0.1, 0.15) is 108 Å². The van der Waals surface area contributed by atoms with Crippen molar-refractivity contribution in [2.75, 3.05) is 30.5 Å². The molecule has 122 heavy (non-hydrogen) atoms. The predicted molar refractivity (Wildman–Crippen MR) is 444 cm³/mol. The summed E-state index contributed by atoms with van der Waals surface area (Å²) in [6.07, 6.45) is 5.01. The largest absolute Gasteiger partial charge is 0.534 e. The number of halogens is 5. The first kappa shape index (κ1) is 88.4. The molecule has 38 heteroatoms. The van der Waals surface area contributed by atoms with Crippen molar-refractivity contribution in [3.63, 3.8) is 0 Å². The summed E-state index contributed by atoms with van der Waals surface area (Å²) >= 11 is 12.2. The number of nitrogens with zero attached hydrogens (tertiary/aromatic N) is 12. The van der Waals surface area contributed by atoms with Crippen LogP contribution in [0, 0.1) is 27.7 Å². The number of benzene rings is 6. The van der Waals surface area contributed by atoms with Gasteiger partial charge in [-0.15, -0.1) is 18.9 Å². The topological polar surface area (TPSA) is 395 Å². The Bertz CT molecular complexity index is 6540. The van der Waals surface area contributed by atoms with Crippen molar-refractivity contribution in [1.82, 2.24) is 58.8 Å². The molecule has 0 fully saturated rings. The molecule has 0 amide bonds. The molecular weight excluding hydrogens is 1650 g/mol. The first-order chi connectivity index (χ1) is 58.6. The predicted octanol–water partition coefficient (Wildman–Crippen LogP) is 11.9. The number of rotatable bonds is 26. The molecule has 0 aliphatic heterocycles. The van der Waals surface area contributed by atoms with Gasteiger partial charge in [-0.05, 0) is 106 Å². The summed E-state index contributed by atoms with van der Waals surface area (Å²) in [5.41, 5.74) is -2.77. The number of carbonyl (C=O) groups is 3. The minimum atomic E-state index is -6.27. The number of hydrogen-bond donors (Lipinski definition) is 3. The van der Waals surface area contributed by atoms with Crippen molar-refractivity contribution in [3.05, 3.63) is 326 Å². The van der Waals surface area contributed by atoms with Gasteiger partial charge < -0.3 is 53.5 Å². The second-order valence-corrected chi connectivity index (χ2v) is 28.4. The van der Waals surface area contributed by atoms with Crippen LogP contribution in [0.15, 0.2) is 220 Å². The van der Waals surface area contributed by atoms with E-state index in [-0.39, 0.29) is 85.4 Å². The second-order valence-electron chi connectivity index (χ2n) is 25.9. The van der Waals surface area contributed by atoms with Gasteiger partial charge in [0.1, 0.15) is 57.5 Å².